The van der Waals surface area contributed by atoms with Gasteiger partial charge in [0.2, 0.25) is 5.91 Å². The first-order chi connectivity index (χ1) is 10.1. The largest absolute Gasteiger partial charge is 0.478 e. The van der Waals surface area contributed by atoms with Gasteiger partial charge in [0.15, 0.2) is 0 Å². The third kappa shape index (κ3) is 5.40. The molecule has 0 saturated carbocycles. The molecule has 0 bridgehead atoms. The Morgan fingerprint density at radius 2 is 2.05 bits per heavy atom. The molecule has 0 radical (unpaired) electrons. The number of rotatable bonds is 7. The molecule has 0 aliphatic carbocycles. The van der Waals surface area contributed by atoms with Crippen LogP contribution in [-0.4, -0.2) is 28.8 Å². The van der Waals surface area contributed by atoms with Crippen molar-refractivity contribution in [2.45, 2.75) is 37.4 Å². The van der Waals surface area contributed by atoms with Crippen LogP contribution in [0.2, 0.25) is 0 Å². The van der Waals surface area contributed by atoms with E-state index in [-0.39, 0.29) is 11.5 Å². The summed E-state index contributed by atoms with van der Waals surface area (Å²) < 4.78 is 3.26. The van der Waals surface area contributed by atoms with Gasteiger partial charge in [-0.05, 0) is 43.5 Å². The molecule has 0 spiro atoms. The first kappa shape index (κ1) is 15.9. The molecule has 1 heterocycles. The second kappa shape index (κ2) is 8.05. The molecule has 21 heavy (non-hydrogen) atoms. The minimum atomic E-state index is -0.966. The van der Waals surface area contributed by atoms with E-state index in [0.29, 0.717) is 17.4 Å². The van der Waals surface area contributed by atoms with Gasteiger partial charge in [-0.15, -0.1) is 0 Å². The van der Waals surface area contributed by atoms with E-state index in [4.69, 9.17) is 5.11 Å². The van der Waals surface area contributed by atoms with Crippen LogP contribution in [0, 0.1) is 0 Å². The number of anilines is 1. The van der Waals surface area contributed by atoms with E-state index in [1.165, 1.54) is 18.6 Å². The van der Waals surface area contributed by atoms with Gasteiger partial charge in [-0.3, -0.25) is 9.52 Å². The van der Waals surface area contributed by atoms with Gasteiger partial charge in [-0.1, -0.05) is 18.4 Å². The number of nitrogens with one attached hydrogen (secondary N) is 2. The van der Waals surface area contributed by atoms with Crippen LogP contribution in [0.4, 0.5) is 5.69 Å². The number of benzene rings is 1. The van der Waals surface area contributed by atoms with Crippen molar-refractivity contribution in [3.8, 4) is 0 Å². The number of carboxylic acid groups (broad SMARTS) is 1. The van der Waals surface area contributed by atoms with Crippen molar-refractivity contribution in [2.75, 3.05) is 11.9 Å². The Morgan fingerprint density at radius 1 is 1.29 bits per heavy atom. The average Bonchev–Trinajstić information content (AvgIpc) is 2.97. The summed E-state index contributed by atoms with van der Waals surface area (Å²) in [5.41, 5.74) is 0.858. The summed E-state index contributed by atoms with van der Waals surface area (Å²) in [4.78, 5) is 22.5. The van der Waals surface area contributed by atoms with Crippen molar-refractivity contribution in [3.63, 3.8) is 0 Å². The molecule has 1 saturated heterocycles. The predicted molar refractivity (Wildman–Crippen MR) is 84.5 cm³/mol. The van der Waals surface area contributed by atoms with E-state index in [9.17, 15) is 9.59 Å². The number of carbonyl (C=O) groups excluding carboxylic acids is 1. The number of carboxylic acids is 1. The molecular weight excluding hydrogens is 288 g/mol. The summed E-state index contributed by atoms with van der Waals surface area (Å²) in [7, 11) is 0. The van der Waals surface area contributed by atoms with Crippen LogP contribution in [0.3, 0.4) is 0 Å². The molecule has 1 unspecified atom stereocenters. The molecule has 1 atom stereocenters. The van der Waals surface area contributed by atoms with Gasteiger partial charge in [-0.25, -0.2) is 4.79 Å². The highest BCUT2D eigenvalue weighted by Crippen LogP contribution is 2.23. The molecule has 1 aromatic rings. The van der Waals surface area contributed by atoms with Crippen LogP contribution in [0.25, 0.3) is 0 Å². The maximum absolute atomic E-state index is 11.8. The van der Waals surface area contributed by atoms with E-state index in [1.54, 1.807) is 12.1 Å². The van der Waals surface area contributed by atoms with Crippen molar-refractivity contribution in [3.05, 3.63) is 29.8 Å². The molecule has 2 rings (SSSR count). The fourth-order valence-electron chi connectivity index (χ4n) is 2.24. The molecule has 114 valence electrons. The van der Waals surface area contributed by atoms with Crippen molar-refractivity contribution < 1.29 is 14.7 Å². The van der Waals surface area contributed by atoms with Crippen molar-refractivity contribution in [1.82, 2.24) is 4.72 Å². The standard InChI is InChI=1S/C15H20N2O3S/c18-14(4-2-1-3-13-9-10-16-21-13)17-12-7-5-11(6-8-12)15(19)20/h5-8,13,16H,1-4,9-10H2,(H,17,18)(H,19,20). The smallest absolute Gasteiger partial charge is 0.335 e. The summed E-state index contributed by atoms with van der Waals surface area (Å²) in [6, 6.07) is 6.20. The maximum Gasteiger partial charge on any atom is 0.335 e. The molecule has 1 aliphatic rings. The van der Waals surface area contributed by atoms with Crippen molar-refractivity contribution in [2.24, 2.45) is 0 Å². The summed E-state index contributed by atoms with van der Waals surface area (Å²) in [6.45, 7) is 1.09. The van der Waals surface area contributed by atoms with E-state index in [0.717, 1.165) is 25.8 Å². The minimum Gasteiger partial charge on any atom is -0.478 e. The Bertz CT molecular complexity index is 484. The lowest BCUT2D eigenvalue weighted by atomic mass is 10.1. The third-order valence-corrected chi connectivity index (χ3v) is 4.59. The van der Waals surface area contributed by atoms with Gasteiger partial charge in [0.1, 0.15) is 0 Å². The first-order valence-electron chi connectivity index (χ1n) is 7.17. The Labute approximate surface area is 128 Å². The van der Waals surface area contributed by atoms with Crippen molar-refractivity contribution in [1.29, 1.82) is 0 Å². The third-order valence-electron chi connectivity index (χ3n) is 3.41. The van der Waals surface area contributed by atoms with Crippen LogP contribution in [0.15, 0.2) is 24.3 Å². The zero-order valence-electron chi connectivity index (χ0n) is 11.8. The van der Waals surface area contributed by atoms with Crippen LogP contribution >= 0.6 is 11.9 Å². The molecule has 1 fully saturated rings. The van der Waals surface area contributed by atoms with E-state index in [2.05, 4.69) is 10.0 Å². The fourth-order valence-corrected chi connectivity index (χ4v) is 3.23. The van der Waals surface area contributed by atoms with Crippen LogP contribution in [0.5, 0.6) is 0 Å². The summed E-state index contributed by atoms with van der Waals surface area (Å²) in [6.07, 6.45) is 4.82. The molecular formula is C15H20N2O3S. The lowest BCUT2D eigenvalue weighted by Crippen LogP contribution is -2.11. The van der Waals surface area contributed by atoms with E-state index >= 15 is 0 Å². The number of unbranched alkanes of at least 4 members (excludes halogenated alkanes) is 1. The molecule has 3 N–H and O–H groups in total. The zero-order chi connectivity index (χ0) is 15.1. The van der Waals surface area contributed by atoms with Crippen LogP contribution < -0.4 is 10.0 Å². The lowest BCUT2D eigenvalue weighted by Gasteiger charge is -2.07. The number of hydrogen-bond acceptors (Lipinski definition) is 4. The molecule has 1 aliphatic heterocycles. The highest BCUT2D eigenvalue weighted by atomic mass is 32.2. The van der Waals surface area contributed by atoms with Gasteiger partial charge in [0.05, 0.1) is 5.56 Å². The topological polar surface area (TPSA) is 78.4 Å². The van der Waals surface area contributed by atoms with Gasteiger partial charge < -0.3 is 10.4 Å². The van der Waals surface area contributed by atoms with Crippen LogP contribution in [-0.2, 0) is 4.79 Å². The molecule has 0 aromatic heterocycles. The lowest BCUT2D eigenvalue weighted by molar-refractivity contribution is -0.116. The Kier molecular flexibility index (Phi) is 6.07. The minimum absolute atomic E-state index is 0.0183. The number of hydrogen-bond donors (Lipinski definition) is 3. The number of carbonyl (C=O) groups is 2. The normalized spacial score (nSPS) is 17.6. The summed E-state index contributed by atoms with van der Waals surface area (Å²) in [5.74, 6) is -0.984. The van der Waals surface area contributed by atoms with E-state index in [1.807, 2.05) is 11.9 Å². The second-order valence-electron chi connectivity index (χ2n) is 5.10. The first-order valence-corrected chi connectivity index (χ1v) is 8.05. The maximum atomic E-state index is 11.8. The van der Waals surface area contributed by atoms with Gasteiger partial charge in [0, 0.05) is 23.9 Å². The number of amides is 1. The van der Waals surface area contributed by atoms with Gasteiger partial charge in [0.25, 0.3) is 0 Å². The average molecular weight is 308 g/mol. The fraction of sp³-hybridized carbons (Fsp3) is 0.467. The Morgan fingerprint density at radius 3 is 2.67 bits per heavy atom. The van der Waals surface area contributed by atoms with Crippen LogP contribution in [0.1, 0.15) is 42.5 Å². The molecule has 1 amide bonds. The molecule has 5 nitrogen and oxygen atoms in total. The summed E-state index contributed by atoms with van der Waals surface area (Å²) >= 11 is 1.81. The second-order valence-corrected chi connectivity index (χ2v) is 6.29. The quantitative estimate of drug-likeness (QED) is 0.533. The predicted octanol–water partition coefficient (Wildman–Crippen LogP) is 2.89. The highest BCUT2D eigenvalue weighted by molar-refractivity contribution is 7.98. The zero-order valence-corrected chi connectivity index (χ0v) is 12.6. The SMILES string of the molecule is O=C(CCCCC1CCNS1)Nc1ccc(C(=O)O)cc1. The molecule has 1 aromatic carbocycles. The Hall–Kier alpha value is -1.53. The van der Waals surface area contributed by atoms with Gasteiger partial charge >= 0.3 is 5.97 Å². The highest BCUT2D eigenvalue weighted by Gasteiger charge is 2.14. The summed E-state index contributed by atoms with van der Waals surface area (Å²) in [5, 5.41) is 12.3. The Balaban J connectivity index is 1.65. The number of aromatic carboxylic acids is 1. The van der Waals surface area contributed by atoms with Gasteiger partial charge in [-0.2, -0.15) is 0 Å². The van der Waals surface area contributed by atoms with Crippen molar-refractivity contribution >= 4 is 29.5 Å². The monoisotopic (exact) mass is 308 g/mol. The van der Waals surface area contributed by atoms with E-state index < -0.39 is 5.97 Å². The molecule has 6 heteroatoms.